The van der Waals surface area contributed by atoms with E-state index in [0.29, 0.717) is 6.54 Å². The first-order chi connectivity index (χ1) is 13.3. The SMILES string of the molecule is Cc1nn(CC(C)C(=O)NC2(CN3CCC(C)CC3)CCCCC2)c(C)c1C. The summed E-state index contributed by atoms with van der Waals surface area (Å²) >= 11 is 0. The third-order valence-corrected chi connectivity index (χ3v) is 7.24. The molecule has 1 saturated carbocycles. The van der Waals surface area contributed by atoms with Crippen LogP contribution in [0.1, 0.15) is 75.7 Å². The summed E-state index contributed by atoms with van der Waals surface area (Å²) in [4.78, 5) is 15.7. The van der Waals surface area contributed by atoms with E-state index in [0.717, 1.165) is 31.0 Å². The molecular weight excluding hydrogens is 348 g/mol. The van der Waals surface area contributed by atoms with Crippen molar-refractivity contribution in [2.75, 3.05) is 19.6 Å². The Kier molecular flexibility index (Phi) is 6.85. The second-order valence-electron chi connectivity index (χ2n) is 9.67. The summed E-state index contributed by atoms with van der Waals surface area (Å²) in [6.07, 6.45) is 8.59. The maximum Gasteiger partial charge on any atom is 0.225 e. The van der Waals surface area contributed by atoms with Crippen molar-refractivity contribution < 1.29 is 4.79 Å². The highest BCUT2D eigenvalue weighted by Gasteiger charge is 2.37. The van der Waals surface area contributed by atoms with Gasteiger partial charge in [0, 0.05) is 12.2 Å². The van der Waals surface area contributed by atoms with Crippen LogP contribution in [-0.2, 0) is 11.3 Å². The Morgan fingerprint density at radius 2 is 1.82 bits per heavy atom. The van der Waals surface area contributed by atoms with Gasteiger partial charge in [-0.2, -0.15) is 5.10 Å². The van der Waals surface area contributed by atoms with E-state index in [1.54, 1.807) is 0 Å². The Morgan fingerprint density at radius 3 is 2.39 bits per heavy atom. The average molecular weight is 389 g/mol. The van der Waals surface area contributed by atoms with Crippen molar-refractivity contribution in [1.29, 1.82) is 0 Å². The van der Waals surface area contributed by atoms with E-state index in [9.17, 15) is 4.79 Å². The summed E-state index contributed by atoms with van der Waals surface area (Å²) in [7, 11) is 0. The smallest absolute Gasteiger partial charge is 0.225 e. The lowest BCUT2D eigenvalue weighted by Crippen LogP contribution is -2.58. The van der Waals surface area contributed by atoms with Crippen LogP contribution in [0.25, 0.3) is 0 Å². The van der Waals surface area contributed by atoms with Crippen LogP contribution in [0.15, 0.2) is 0 Å². The van der Waals surface area contributed by atoms with Gasteiger partial charge in [0.1, 0.15) is 0 Å². The predicted octanol–water partition coefficient (Wildman–Crippen LogP) is 4.00. The number of carbonyl (C=O) groups is 1. The monoisotopic (exact) mass is 388 g/mol. The molecule has 28 heavy (non-hydrogen) atoms. The molecule has 1 aliphatic carbocycles. The fourth-order valence-corrected chi connectivity index (χ4v) is 4.89. The van der Waals surface area contributed by atoms with E-state index >= 15 is 0 Å². The van der Waals surface area contributed by atoms with Crippen molar-refractivity contribution in [1.82, 2.24) is 20.0 Å². The molecule has 1 atom stereocenters. The molecular formula is C23H40N4O. The minimum absolute atomic E-state index is 0.0326. The zero-order valence-corrected chi connectivity index (χ0v) is 18.7. The van der Waals surface area contributed by atoms with Gasteiger partial charge in [0.2, 0.25) is 5.91 Å². The van der Waals surface area contributed by atoms with Crippen LogP contribution >= 0.6 is 0 Å². The van der Waals surface area contributed by atoms with Crippen LogP contribution in [0.5, 0.6) is 0 Å². The van der Waals surface area contributed by atoms with Crippen LogP contribution in [-0.4, -0.2) is 45.8 Å². The highest BCUT2D eigenvalue weighted by molar-refractivity contribution is 5.79. The molecule has 1 aromatic rings. The number of nitrogens with one attached hydrogen (secondary N) is 1. The molecule has 1 unspecified atom stereocenters. The lowest BCUT2D eigenvalue weighted by molar-refractivity contribution is -0.127. The average Bonchev–Trinajstić information content (AvgIpc) is 2.91. The van der Waals surface area contributed by atoms with E-state index in [1.807, 2.05) is 18.5 Å². The van der Waals surface area contributed by atoms with Crippen molar-refractivity contribution >= 4 is 5.91 Å². The maximum atomic E-state index is 13.1. The number of hydrogen-bond donors (Lipinski definition) is 1. The van der Waals surface area contributed by atoms with Gasteiger partial charge in [-0.15, -0.1) is 0 Å². The number of rotatable bonds is 6. The standard InChI is InChI=1S/C23H40N4O/c1-17-9-13-26(14-10-17)16-23(11-7-6-8-12-23)24-22(28)18(2)15-27-21(5)19(3)20(4)25-27/h17-18H,6-16H2,1-5H3,(H,24,28). The molecule has 5 nitrogen and oxygen atoms in total. The van der Waals surface area contributed by atoms with Gasteiger partial charge in [0.25, 0.3) is 0 Å². The summed E-state index contributed by atoms with van der Waals surface area (Å²) in [5.41, 5.74) is 3.44. The Morgan fingerprint density at radius 1 is 1.18 bits per heavy atom. The van der Waals surface area contributed by atoms with Crippen LogP contribution in [0.4, 0.5) is 0 Å². The fourth-order valence-electron chi connectivity index (χ4n) is 4.89. The molecule has 1 N–H and O–H groups in total. The number of amides is 1. The number of aromatic nitrogens is 2. The third kappa shape index (κ3) is 4.97. The Hall–Kier alpha value is -1.36. The zero-order chi connectivity index (χ0) is 20.3. The summed E-state index contributed by atoms with van der Waals surface area (Å²) in [6.45, 7) is 14.7. The third-order valence-electron chi connectivity index (χ3n) is 7.24. The first-order valence-corrected chi connectivity index (χ1v) is 11.3. The number of carbonyl (C=O) groups excluding carboxylic acids is 1. The van der Waals surface area contributed by atoms with E-state index < -0.39 is 0 Å². The number of aryl methyl sites for hydroxylation is 1. The Bertz CT molecular complexity index is 666. The molecule has 158 valence electrons. The quantitative estimate of drug-likeness (QED) is 0.801. The summed E-state index contributed by atoms with van der Waals surface area (Å²) < 4.78 is 2.01. The maximum absolute atomic E-state index is 13.1. The van der Waals surface area contributed by atoms with E-state index in [-0.39, 0.29) is 17.4 Å². The van der Waals surface area contributed by atoms with Gasteiger partial charge in [-0.3, -0.25) is 9.48 Å². The number of hydrogen-bond acceptors (Lipinski definition) is 3. The molecule has 1 aromatic heterocycles. The first kappa shape index (κ1) is 21.4. The summed E-state index contributed by atoms with van der Waals surface area (Å²) in [5.74, 6) is 0.965. The van der Waals surface area contributed by atoms with Gasteiger partial charge < -0.3 is 10.2 Å². The predicted molar refractivity (Wildman–Crippen MR) is 114 cm³/mol. The lowest BCUT2D eigenvalue weighted by atomic mass is 9.80. The largest absolute Gasteiger partial charge is 0.349 e. The molecule has 1 aliphatic heterocycles. The topological polar surface area (TPSA) is 50.2 Å². The van der Waals surface area contributed by atoms with Crippen molar-refractivity contribution in [3.8, 4) is 0 Å². The number of piperidine rings is 1. The van der Waals surface area contributed by atoms with Crippen molar-refractivity contribution in [2.24, 2.45) is 11.8 Å². The van der Waals surface area contributed by atoms with Gasteiger partial charge in [-0.1, -0.05) is 33.1 Å². The second-order valence-corrected chi connectivity index (χ2v) is 9.67. The summed E-state index contributed by atoms with van der Waals surface area (Å²) in [5, 5.41) is 8.16. The molecule has 0 aromatic carbocycles. The molecule has 0 bridgehead atoms. The van der Waals surface area contributed by atoms with Crippen LogP contribution in [0.3, 0.4) is 0 Å². The van der Waals surface area contributed by atoms with Crippen LogP contribution in [0, 0.1) is 32.6 Å². The Balaban J connectivity index is 1.64. The van der Waals surface area contributed by atoms with Crippen molar-refractivity contribution in [2.45, 2.75) is 91.6 Å². The van der Waals surface area contributed by atoms with E-state index in [1.165, 1.54) is 56.5 Å². The minimum atomic E-state index is -0.0717. The van der Waals surface area contributed by atoms with Gasteiger partial charge in [-0.25, -0.2) is 0 Å². The zero-order valence-electron chi connectivity index (χ0n) is 18.7. The molecule has 1 saturated heterocycles. The van der Waals surface area contributed by atoms with E-state index in [4.69, 9.17) is 0 Å². The fraction of sp³-hybridized carbons (Fsp3) is 0.826. The highest BCUT2D eigenvalue weighted by atomic mass is 16.2. The molecule has 3 rings (SSSR count). The van der Waals surface area contributed by atoms with Crippen molar-refractivity contribution in [3.63, 3.8) is 0 Å². The molecule has 0 radical (unpaired) electrons. The van der Waals surface area contributed by atoms with Gasteiger partial charge in [-0.05, 0) is 71.0 Å². The molecule has 2 heterocycles. The lowest BCUT2D eigenvalue weighted by Gasteiger charge is -2.44. The molecule has 2 fully saturated rings. The Labute approximate surface area is 171 Å². The number of nitrogens with zero attached hydrogens (tertiary/aromatic N) is 3. The molecule has 2 aliphatic rings. The second kappa shape index (κ2) is 8.98. The van der Waals surface area contributed by atoms with Crippen molar-refractivity contribution in [3.05, 3.63) is 17.0 Å². The molecule has 5 heteroatoms. The highest BCUT2D eigenvalue weighted by Crippen LogP contribution is 2.31. The normalized spacial score (nSPS) is 22.2. The van der Waals surface area contributed by atoms with E-state index in [2.05, 4.69) is 36.1 Å². The van der Waals surface area contributed by atoms with Crippen LogP contribution in [0.2, 0.25) is 0 Å². The van der Waals surface area contributed by atoms with Gasteiger partial charge in [0.05, 0.1) is 23.7 Å². The van der Waals surface area contributed by atoms with Crippen LogP contribution < -0.4 is 5.32 Å². The first-order valence-electron chi connectivity index (χ1n) is 11.3. The van der Waals surface area contributed by atoms with Gasteiger partial charge >= 0.3 is 0 Å². The minimum Gasteiger partial charge on any atom is -0.349 e. The molecule has 1 amide bonds. The number of likely N-dealkylation sites (tertiary alicyclic amines) is 1. The molecule has 0 spiro atoms. The summed E-state index contributed by atoms with van der Waals surface area (Å²) in [6, 6.07) is 0. The van der Waals surface area contributed by atoms with Gasteiger partial charge in [0.15, 0.2) is 0 Å².